The Morgan fingerprint density at radius 3 is 2.07 bits per heavy atom. The Morgan fingerprint density at radius 2 is 1.51 bits per heavy atom. The topological polar surface area (TPSA) is 144 Å². The third kappa shape index (κ3) is 11.3. The summed E-state index contributed by atoms with van der Waals surface area (Å²) in [6, 6.07) is 25.6. The van der Waals surface area contributed by atoms with Gasteiger partial charge >= 0.3 is 5.69 Å². The lowest BCUT2D eigenvalue weighted by molar-refractivity contribution is -0.133. The number of allylic oxidation sites excluding steroid dienone is 1. The van der Waals surface area contributed by atoms with Gasteiger partial charge in [-0.15, -0.1) is 0 Å². The van der Waals surface area contributed by atoms with Gasteiger partial charge in [0, 0.05) is 18.2 Å². The van der Waals surface area contributed by atoms with Crippen LogP contribution in [0.25, 0.3) is 0 Å². The molecule has 1 aliphatic rings. The first-order valence-electron chi connectivity index (χ1n) is 20.0. The lowest BCUT2D eigenvalue weighted by atomic mass is 9.79. The van der Waals surface area contributed by atoms with Crippen molar-refractivity contribution in [3.63, 3.8) is 0 Å². The van der Waals surface area contributed by atoms with Gasteiger partial charge in [0.05, 0.1) is 39.8 Å². The quantitative estimate of drug-likeness (QED) is 0.0295. The van der Waals surface area contributed by atoms with Gasteiger partial charge in [-0.2, -0.15) is 8.42 Å². The molecule has 14 heteroatoms. The van der Waals surface area contributed by atoms with Crippen molar-refractivity contribution in [1.29, 1.82) is 0 Å². The zero-order chi connectivity index (χ0) is 42.8. The number of aromatic nitrogens is 2. The number of hydrogen-bond acceptors (Lipinski definition) is 10. The zero-order valence-corrected chi connectivity index (χ0v) is 37.2. The molecule has 0 bridgehead atoms. The number of benzene rings is 3. The van der Waals surface area contributed by atoms with Crippen LogP contribution in [0.5, 0.6) is 11.5 Å². The number of aromatic amines is 1. The molecule has 1 N–H and O–H groups in total. The summed E-state index contributed by atoms with van der Waals surface area (Å²) >= 11 is 0. The summed E-state index contributed by atoms with van der Waals surface area (Å²) in [4.78, 5) is 28.3. The first kappa shape index (κ1) is 45.8. The van der Waals surface area contributed by atoms with Crippen molar-refractivity contribution in [3.8, 4) is 11.5 Å². The van der Waals surface area contributed by atoms with E-state index in [-0.39, 0.29) is 28.0 Å². The fourth-order valence-corrected chi connectivity index (χ4v) is 8.27. The maximum Gasteiger partial charge on any atom is 0.330 e. The van der Waals surface area contributed by atoms with Crippen LogP contribution in [0.2, 0.25) is 5.04 Å². The van der Waals surface area contributed by atoms with Crippen LogP contribution < -0.4 is 20.7 Å². The Hall–Kier alpha value is -4.31. The minimum Gasteiger partial charge on any atom is -0.497 e. The average Bonchev–Trinajstić information content (AvgIpc) is 3.58. The molecule has 0 spiro atoms. The number of nitrogens with zero attached hydrogens (tertiary/aromatic N) is 1. The molecular weight excluding hydrogens is 789 g/mol. The maximum atomic E-state index is 13.4. The first-order chi connectivity index (χ1) is 28.0. The Kier molecular flexibility index (Phi) is 15.4. The summed E-state index contributed by atoms with van der Waals surface area (Å²) < 4.78 is 61.9. The normalized spacial score (nSPS) is 18.8. The summed E-state index contributed by atoms with van der Waals surface area (Å²) in [5, 5.41) is -0.173. The number of ether oxygens (including phenoxy) is 4. The number of aryl methyl sites for hydroxylation is 1. The molecule has 5 rings (SSSR count). The number of hydrogen-bond donors (Lipinski definition) is 1. The van der Waals surface area contributed by atoms with Crippen LogP contribution in [0.1, 0.15) is 88.3 Å². The Bertz CT molecular complexity index is 2170. The highest BCUT2D eigenvalue weighted by Gasteiger charge is 2.52. The van der Waals surface area contributed by atoms with Crippen LogP contribution in [0.15, 0.2) is 107 Å². The standard InChI is InChI=1S/C45H58N2O10SSi/c1-32(2)43(4,5)59-57-39-29-40(47-30-33(3)41(48)46-42(47)49)56-44(39,27-15-10-9-11-16-28-55-58(8,50)51)31-54-45(34-17-13-12-14-18-34,35-19-23-37(52-6)24-20-35)36-21-25-38(53-7)26-22-36/h12-15,17-27,30,32,39-40H,9-11,16,28-29,31H2,1-8H3,(H,46,48,49)/b27-15+/t39-,40+,44+/m0/s1. The minimum absolute atomic E-state index is 0.0104. The fraction of sp³-hybridized carbons (Fsp3) is 0.467. The zero-order valence-electron chi connectivity index (χ0n) is 35.4. The third-order valence-corrected chi connectivity index (χ3v) is 13.2. The molecule has 1 fully saturated rings. The number of H-pyrrole nitrogens is 1. The van der Waals surface area contributed by atoms with E-state index in [4.69, 9.17) is 27.6 Å². The number of methoxy groups -OCH3 is 2. The molecule has 0 unspecified atom stereocenters. The van der Waals surface area contributed by atoms with E-state index in [1.54, 1.807) is 21.1 Å². The summed E-state index contributed by atoms with van der Waals surface area (Å²) in [7, 11) is -0.167. The van der Waals surface area contributed by atoms with Gasteiger partial charge in [-0.25, -0.2) is 4.79 Å². The second-order valence-electron chi connectivity index (χ2n) is 15.9. The van der Waals surface area contributed by atoms with Gasteiger partial charge in [-0.3, -0.25) is 18.5 Å². The van der Waals surface area contributed by atoms with Gasteiger partial charge in [0.2, 0.25) is 9.76 Å². The highest BCUT2D eigenvalue weighted by Crippen LogP contribution is 2.47. The minimum atomic E-state index is -3.50. The van der Waals surface area contributed by atoms with Crippen LogP contribution in [0.4, 0.5) is 0 Å². The second kappa shape index (κ2) is 19.8. The lowest BCUT2D eigenvalue weighted by Gasteiger charge is -2.41. The highest BCUT2D eigenvalue weighted by atomic mass is 32.2. The summed E-state index contributed by atoms with van der Waals surface area (Å²) in [5.74, 6) is 1.70. The van der Waals surface area contributed by atoms with E-state index in [0.717, 1.165) is 35.8 Å². The van der Waals surface area contributed by atoms with Crippen molar-refractivity contribution in [2.24, 2.45) is 5.92 Å². The van der Waals surface area contributed by atoms with Crippen molar-refractivity contribution in [2.45, 2.75) is 95.3 Å². The van der Waals surface area contributed by atoms with Crippen LogP contribution >= 0.6 is 0 Å². The largest absolute Gasteiger partial charge is 0.497 e. The molecule has 3 atom stereocenters. The molecule has 59 heavy (non-hydrogen) atoms. The Morgan fingerprint density at radius 1 is 0.915 bits per heavy atom. The third-order valence-electron chi connectivity index (χ3n) is 11.1. The average molecular weight is 847 g/mol. The molecule has 4 aromatic rings. The van der Waals surface area contributed by atoms with Gasteiger partial charge < -0.3 is 23.4 Å². The second-order valence-corrected chi connectivity index (χ2v) is 19.3. The predicted molar refractivity (Wildman–Crippen MR) is 230 cm³/mol. The van der Waals surface area contributed by atoms with Crippen molar-refractivity contribution < 1.29 is 36.0 Å². The van der Waals surface area contributed by atoms with Gasteiger partial charge in [-0.05, 0) is 78.1 Å². The Labute approximate surface area is 350 Å². The van der Waals surface area contributed by atoms with Crippen molar-refractivity contribution in [3.05, 3.63) is 140 Å². The van der Waals surface area contributed by atoms with Crippen LogP contribution in [-0.2, 0) is 33.8 Å². The monoisotopic (exact) mass is 846 g/mol. The molecule has 318 valence electrons. The fourth-order valence-electron chi connectivity index (χ4n) is 6.87. The maximum absolute atomic E-state index is 13.4. The molecule has 1 aliphatic heterocycles. The molecule has 2 heterocycles. The summed E-state index contributed by atoms with van der Waals surface area (Å²) in [6.07, 6.45) is 8.29. The number of nitrogens with one attached hydrogen (secondary N) is 1. The SMILES string of the molecule is COc1ccc(C(OC[C@@]2(/C=C/CCCCCOS(C)(=O)=O)O[C@@H](n3cc(C)c(=O)[nH]c3=O)C[C@@H]2O[Si]C(C)(C)C(C)C)(c2ccccc2)c2ccc(OC)cc2)cc1. The number of unbranched alkanes of at least 4 members (excludes halogenated alkanes) is 3. The van der Waals surface area contributed by atoms with E-state index >= 15 is 0 Å². The molecule has 0 saturated carbocycles. The molecule has 0 amide bonds. The highest BCUT2D eigenvalue weighted by molar-refractivity contribution is 7.85. The number of rotatable bonds is 21. The summed E-state index contributed by atoms with van der Waals surface area (Å²) in [5.41, 5.74) is -0.529. The van der Waals surface area contributed by atoms with Crippen LogP contribution in [-0.4, -0.2) is 73.1 Å². The van der Waals surface area contributed by atoms with E-state index in [0.29, 0.717) is 42.2 Å². The Balaban J connectivity index is 1.64. The molecule has 3 aromatic carbocycles. The molecule has 0 aliphatic carbocycles. The predicted octanol–water partition coefficient (Wildman–Crippen LogP) is 7.48. The molecule has 12 nitrogen and oxygen atoms in total. The van der Waals surface area contributed by atoms with Crippen molar-refractivity contribution >= 4 is 19.9 Å². The van der Waals surface area contributed by atoms with Gasteiger partial charge in [0.1, 0.15) is 28.9 Å². The van der Waals surface area contributed by atoms with E-state index in [2.05, 4.69) is 32.7 Å². The molecular formula is C45H58N2O10SSi. The molecule has 1 aromatic heterocycles. The van der Waals surface area contributed by atoms with E-state index in [1.165, 1.54) is 10.8 Å². The molecule has 1 saturated heterocycles. The van der Waals surface area contributed by atoms with Gasteiger partial charge in [-0.1, -0.05) is 101 Å². The van der Waals surface area contributed by atoms with Gasteiger partial charge in [0.15, 0.2) is 0 Å². The van der Waals surface area contributed by atoms with Crippen molar-refractivity contribution in [2.75, 3.05) is 33.7 Å². The first-order valence-corrected chi connectivity index (χ1v) is 22.7. The smallest absolute Gasteiger partial charge is 0.330 e. The van der Waals surface area contributed by atoms with E-state index in [9.17, 15) is 18.0 Å². The van der Waals surface area contributed by atoms with Crippen LogP contribution in [0, 0.1) is 12.8 Å². The van der Waals surface area contributed by atoms with Crippen molar-refractivity contribution in [1.82, 2.24) is 9.55 Å². The summed E-state index contributed by atoms with van der Waals surface area (Å²) in [6.45, 7) is 10.5. The van der Waals surface area contributed by atoms with E-state index < -0.39 is 44.9 Å². The van der Waals surface area contributed by atoms with Crippen LogP contribution in [0.3, 0.4) is 0 Å². The molecule has 2 radical (unpaired) electrons. The van der Waals surface area contributed by atoms with E-state index in [1.807, 2.05) is 91.0 Å². The van der Waals surface area contributed by atoms with Gasteiger partial charge in [0.25, 0.3) is 15.7 Å². The lowest BCUT2D eigenvalue weighted by Crippen LogP contribution is -2.48.